The molecule has 108 valence electrons. The first-order valence-electron chi connectivity index (χ1n) is 8.24. The zero-order valence-electron chi connectivity index (χ0n) is 12.8. The molecule has 0 aromatic rings. The lowest BCUT2D eigenvalue weighted by Crippen LogP contribution is -1.95. The predicted octanol–water partition coefficient (Wildman–Crippen LogP) is 5.91. The van der Waals surface area contributed by atoms with Crippen LogP contribution in [0.15, 0.2) is 0 Å². The Morgan fingerprint density at radius 3 is 1.67 bits per heavy atom. The number of rotatable bonds is 14. The fourth-order valence-electron chi connectivity index (χ4n) is 2.44. The second-order valence-corrected chi connectivity index (χ2v) is 5.83. The van der Waals surface area contributed by atoms with E-state index in [1.807, 2.05) is 0 Å². The minimum absolute atomic E-state index is 0.598. The van der Waals surface area contributed by atoms with Crippen molar-refractivity contribution in [2.24, 2.45) is 5.92 Å². The average molecular weight is 254 g/mol. The van der Waals surface area contributed by atoms with Crippen molar-refractivity contribution in [1.82, 2.24) is 0 Å². The van der Waals surface area contributed by atoms with Crippen LogP contribution in [-0.2, 0) is 4.79 Å². The third kappa shape index (κ3) is 13.7. The molecule has 18 heavy (non-hydrogen) atoms. The minimum Gasteiger partial charge on any atom is -0.303 e. The minimum atomic E-state index is 0.598. The zero-order chi connectivity index (χ0) is 13.5. The van der Waals surface area contributed by atoms with Crippen LogP contribution in [0.5, 0.6) is 0 Å². The zero-order valence-corrected chi connectivity index (χ0v) is 12.8. The Morgan fingerprint density at radius 2 is 1.22 bits per heavy atom. The van der Waals surface area contributed by atoms with Crippen LogP contribution in [0.2, 0.25) is 0 Å². The molecule has 0 aromatic carbocycles. The summed E-state index contributed by atoms with van der Waals surface area (Å²) < 4.78 is 0. The fraction of sp³-hybridized carbons (Fsp3) is 0.941. The summed E-state index contributed by atoms with van der Waals surface area (Å²) in [4.78, 5) is 10.3. The Bertz CT molecular complexity index is 165. The Kier molecular flexibility index (Phi) is 14.5. The Morgan fingerprint density at radius 1 is 0.778 bits per heavy atom. The molecule has 0 N–H and O–H groups in total. The van der Waals surface area contributed by atoms with E-state index in [0.29, 0.717) is 5.92 Å². The molecule has 0 saturated heterocycles. The molecule has 0 spiro atoms. The predicted molar refractivity (Wildman–Crippen MR) is 80.9 cm³/mol. The third-order valence-corrected chi connectivity index (χ3v) is 3.80. The van der Waals surface area contributed by atoms with E-state index in [1.54, 1.807) is 0 Å². The second kappa shape index (κ2) is 14.7. The standard InChI is InChI=1S/C17H34O/c1-3-4-5-6-7-8-9-10-11-12-13-14-17(2)15-16-18/h16-17H,3-15H2,1-2H3/t17-/m1/s1. The van der Waals surface area contributed by atoms with Gasteiger partial charge in [0.25, 0.3) is 0 Å². The molecular formula is C17H34O. The van der Waals surface area contributed by atoms with E-state index in [-0.39, 0.29) is 0 Å². The maximum absolute atomic E-state index is 10.3. The van der Waals surface area contributed by atoms with Gasteiger partial charge in [-0.2, -0.15) is 0 Å². The van der Waals surface area contributed by atoms with Gasteiger partial charge in [-0.05, 0) is 5.92 Å². The highest BCUT2D eigenvalue weighted by Gasteiger charge is 2.00. The third-order valence-electron chi connectivity index (χ3n) is 3.80. The lowest BCUT2D eigenvalue weighted by atomic mass is 9.99. The molecule has 1 nitrogen and oxygen atoms in total. The van der Waals surface area contributed by atoms with Gasteiger partial charge in [-0.3, -0.25) is 0 Å². The lowest BCUT2D eigenvalue weighted by Gasteiger charge is -2.06. The summed E-state index contributed by atoms with van der Waals surface area (Å²) >= 11 is 0. The first-order chi connectivity index (χ1) is 8.81. The number of carbonyl (C=O) groups is 1. The van der Waals surface area contributed by atoms with Gasteiger partial charge in [-0.15, -0.1) is 0 Å². The van der Waals surface area contributed by atoms with Gasteiger partial charge >= 0.3 is 0 Å². The van der Waals surface area contributed by atoms with Gasteiger partial charge in [0.15, 0.2) is 0 Å². The Hall–Kier alpha value is -0.330. The quantitative estimate of drug-likeness (QED) is 0.278. The molecule has 0 fully saturated rings. The maximum Gasteiger partial charge on any atom is 0.120 e. The largest absolute Gasteiger partial charge is 0.303 e. The molecule has 0 bridgehead atoms. The number of hydrogen-bond donors (Lipinski definition) is 0. The first kappa shape index (κ1) is 17.7. The summed E-state index contributed by atoms with van der Waals surface area (Å²) in [7, 11) is 0. The first-order valence-corrected chi connectivity index (χ1v) is 8.24. The highest BCUT2D eigenvalue weighted by atomic mass is 16.1. The molecule has 0 heterocycles. The van der Waals surface area contributed by atoms with Crippen LogP contribution < -0.4 is 0 Å². The molecule has 1 heteroatoms. The Balaban J connectivity index is 3.00. The van der Waals surface area contributed by atoms with Crippen LogP contribution in [0.1, 0.15) is 97.3 Å². The summed E-state index contributed by atoms with van der Waals surface area (Å²) in [6.07, 6.45) is 18.5. The maximum atomic E-state index is 10.3. The lowest BCUT2D eigenvalue weighted by molar-refractivity contribution is -0.108. The van der Waals surface area contributed by atoms with Crippen molar-refractivity contribution in [1.29, 1.82) is 0 Å². The molecule has 0 radical (unpaired) electrons. The summed E-state index contributed by atoms with van der Waals surface area (Å²) in [6, 6.07) is 0. The van der Waals surface area contributed by atoms with Crippen LogP contribution in [-0.4, -0.2) is 6.29 Å². The molecule has 0 saturated carbocycles. The van der Waals surface area contributed by atoms with Gasteiger partial charge in [0, 0.05) is 6.42 Å². The van der Waals surface area contributed by atoms with Crippen molar-refractivity contribution in [2.75, 3.05) is 0 Å². The molecule has 0 aliphatic rings. The van der Waals surface area contributed by atoms with Gasteiger partial charge in [-0.1, -0.05) is 90.9 Å². The van der Waals surface area contributed by atoms with E-state index in [0.717, 1.165) is 12.7 Å². The number of carbonyl (C=O) groups excluding carboxylic acids is 1. The van der Waals surface area contributed by atoms with E-state index in [2.05, 4.69) is 13.8 Å². The highest BCUT2D eigenvalue weighted by molar-refractivity contribution is 5.49. The highest BCUT2D eigenvalue weighted by Crippen LogP contribution is 2.15. The van der Waals surface area contributed by atoms with Crippen molar-refractivity contribution in [3.63, 3.8) is 0 Å². The molecule has 0 unspecified atom stereocenters. The topological polar surface area (TPSA) is 17.1 Å². The van der Waals surface area contributed by atoms with E-state index in [1.165, 1.54) is 77.0 Å². The van der Waals surface area contributed by atoms with Crippen molar-refractivity contribution in [3.8, 4) is 0 Å². The molecule has 1 atom stereocenters. The fourth-order valence-corrected chi connectivity index (χ4v) is 2.44. The summed E-state index contributed by atoms with van der Waals surface area (Å²) in [5, 5.41) is 0. The summed E-state index contributed by atoms with van der Waals surface area (Å²) in [6.45, 7) is 4.46. The summed E-state index contributed by atoms with van der Waals surface area (Å²) in [5.74, 6) is 0.598. The van der Waals surface area contributed by atoms with Crippen LogP contribution in [0, 0.1) is 5.92 Å². The van der Waals surface area contributed by atoms with Crippen LogP contribution in [0.3, 0.4) is 0 Å². The Labute approximate surface area is 115 Å². The van der Waals surface area contributed by atoms with Crippen LogP contribution in [0.4, 0.5) is 0 Å². The molecule has 0 rings (SSSR count). The van der Waals surface area contributed by atoms with Crippen molar-refractivity contribution >= 4 is 6.29 Å². The van der Waals surface area contributed by atoms with Crippen molar-refractivity contribution in [3.05, 3.63) is 0 Å². The monoisotopic (exact) mass is 254 g/mol. The average Bonchev–Trinajstić information content (AvgIpc) is 2.36. The van der Waals surface area contributed by atoms with E-state index in [9.17, 15) is 4.79 Å². The van der Waals surface area contributed by atoms with Gasteiger partial charge in [0.1, 0.15) is 6.29 Å². The van der Waals surface area contributed by atoms with Crippen molar-refractivity contribution < 1.29 is 4.79 Å². The van der Waals surface area contributed by atoms with Gasteiger partial charge < -0.3 is 4.79 Å². The smallest absolute Gasteiger partial charge is 0.120 e. The number of unbranched alkanes of at least 4 members (excludes halogenated alkanes) is 10. The van der Waals surface area contributed by atoms with Crippen molar-refractivity contribution in [2.45, 2.75) is 97.3 Å². The SMILES string of the molecule is CCCCCCCCCCCCC[C@@H](C)CC=O. The molecule has 0 aliphatic carbocycles. The van der Waals surface area contributed by atoms with Gasteiger partial charge in [-0.25, -0.2) is 0 Å². The van der Waals surface area contributed by atoms with E-state index >= 15 is 0 Å². The number of aldehydes is 1. The molecule has 0 aliphatic heterocycles. The number of hydrogen-bond acceptors (Lipinski definition) is 1. The van der Waals surface area contributed by atoms with Gasteiger partial charge in [0.05, 0.1) is 0 Å². The molecule has 0 amide bonds. The molecular weight excluding hydrogens is 220 g/mol. The van der Waals surface area contributed by atoms with E-state index < -0.39 is 0 Å². The van der Waals surface area contributed by atoms with E-state index in [4.69, 9.17) is 0 Å². The van der Waals surface area contributed by atoms with Gasteiger partial charge in [0.2, 0.25) is 0 Å². The van der Waals surface area contributed by atoms with Crippen LogP contribution >= 0.6 is 0 Å². The normalized spacial score (nSPS) is 12.6. The second-order valence-electron chi connectivity index (χ2n) is 5.83. The molecule has 0 aromatic heterocycles. The van der Waals surface area contributed by atoms with Crippen LogP contribution in [0.25, 0.3) is 0 Å². The summed E-state index contributed by atoms with van der Waals surface area (Å²) in [5.41, 5.74) is 0.